The van der Waals surface area contributed by atoms with Gasteiger partial charge in [0.05, 0.1) is 22.4 Å². The first-order chi connectivity index (χ1) is 27.8. The Hall–Kier alpha value is -7.56. The number of fused-ring (bicyclic) bond motifs is 6. The normalized spacial score (nSPS) is 11.6. The summed E-state index contributed by atoms with van der Waals surface area (Å²) in [5.74, 6) is 0.644. The highest BCUT2D eigenvalue weighted by molar-refractivity contribution is 6.14. The Morgan fingerprint density at radius 2 is 0.893 bits per heavy atom. The van der Waals surface area contributed by atoms with Crippen LogP contribution in [-0.4, -0.2) is 14.5 Å². The Bertz CT molecular complexity index is 3160. The highest BCUT2D eigenvalue weighted by atomic mass is 16.3. The van der Waals surface area contributed by atoms with E-state index < -0.39 is 0 Å². The minimum absolute atomic E-state index is 0.644. The van der Waals surface area contributed by atoms with E-state index in [2.05, 4.69) is 187 Å². The first kappa shape index (κ1) is 31.9. The van der Waals surface area contributed by atoms with E-state index in [0.717, 1.165) is 78.0 Å². The number of nitrogens with zero attached hydrogens (tertiary/aromatic N) is 3. The van der Waals surface area contributed by atoms with Gasteiger partial charge in [0.2, 0.25) is 0 Å². The van der Waals surface area contributed by atoms with Gasteiger partial charge < -0.3 is 8.98 Å². The number of hydrogen-bond donors (Lipinski definition) is 0. The molecule has 0 N–H and O–H groups in total. The van der Waals surface area contributed by atoms with Crippen LogP contribution in [-0.2, 0) is 0 Å². The maximum absolute atomic E-state index is 6.72. The molecule has 0 aliphatic rings. The summed E-state index contributed by atoms with van der Waals surface area (Å²) in [5.41, 5.74) is 14.2. The van der Waals surface area contributed by atoms with Crippen LogP contribution in [0, 0.1) is 0 Å². The molecule has 11 aromatic rings. The van der Waals surface area contributed by atoms with Crippen molar-refractivity contribution in [3.05, 3.63) is 200 Å². The van der Waals surface area contributed by atoms with Crippen LogP contribution >= 0.6 is 0 Å². The smallest absolute Gasteiger partial charge is 0.160 e. The van der Waals surface area contributed by atoms with Crippen molar-refractivity contribution < 1.29 is 4.42 Å². The zero-order chi connectivity index (χ0) is 37.0. The molecule has 0 bridgehead atoms. The van der Waals surface area contributed by atoms with Crippen molar-refractivity contribution in [2.75, 3.05) is 0 Å². The van der Waals surface area contributed by atoms with E-state index in [9.17, 15) is 0 Å². The summed E-state index contributed by atoms with van der Waals surface area (Å²) in [6, 6.07) is 70.0. The number of hydrogen-bond acceptors (Lipinski definition) is 3. The predicted octanol–water partition coefficient (Wildman–Crippen LogP) is 13.8. The van der Waals surface area contributed by atoms with Crippen molar-refractivity contribution in [3.8, 4) is 61.8 Å². The van der Waals surface area contributed by atoms with Crippen LogP contribution in [0.25, 0.3) is 106 Å². The largest absolute Gasteiger partial charge is 0.456 e. The molecular weight excluding hydrogens is 683 g/mol. The zero-order valence-corrected chi connectivity index (χ0v) is 30.3. The van der Waals surface area contributed by atoms with Gasteiger partial charge in [0.1, 0.15) is 11.2 Å². The second-order valence-corrected chi connectivity index (χ2v) is 14.1. The lowest BCUT2D eigenvalue weighted by molar-refractivity contribution is 0.669. The molecule has 0 aliphatic heterocycles. The van der Waals surface area contributed by atoms with Crippen molar-refractivity contribution >= 4 is 43.7 Å². The molecule has 0 aliphatic carbocycles. The van der Waals surface area contributed by atoms with Crippen molar-refractivity contribution in [1.29, 1.82) is 0 Å². The van der Waals surface area contributed by atoms with E-state index >= 15 is 0 Å². The standard InChI is InChI=1S/C52H33N3O/c1-5-16-34(17-6-1)48-49(35-18-7-2-8-19-35)53-52(54-50(48)36-20-9-3-10-21-36)38-29-31-43-42-30-28-37(32-46(42)56-47(43)33-38)40-25-15-26-44-41-24-13-14-27-45(41)55(51(40)44)39-22-11-4-12-23-39/h1-33H. The number of benzene rings is 8. The fourth-order valence-corrected chi connectivity index (χ4v) is 8.26. The molecule has 0 spiro atoms. The van der Waals surface area contributed by atoms with Gasteiger partial charge in [-0.05, 0) is 53.6 Å². The number of rotatable bonds is 6. The van der Waals surface area contributed by atoms with Crippen molar-refractivity contribution in [1.82, 2.24) is 14.5 Å². The lowest BCUT2D eigenvalue weighted by atomic mass is 9.94. The average molecular weight is 716 g/mol. The van der Waals surface area contributed by atoms with Gasteiger partial charge in [-0.25, -0.2) is 9.97 Å². The van der Waals surface area contributed by atoms with Crippen LogP contribution in [0.3, 0.4) is 0 Å². The second kappa shape index (κ2) is 13.1. The number of furan rings is 1. The molecule has 4 heteroatoms. The molecule has 0 atom stereocenters. The second-order valence-electron chi connectivity index (χ2n) is 14.1. The predicted molar refractivity (Wildman–Crippen MR) is 231 cm³/mol. The van der Waals surface area contributed by atoms with Gasteiger partial charge in [-0.2, -0.15) is 0 Å². The quantitative estimate of drug-likeness (QED) is 0.172. The molecule has 0 amide bonds. The fraction of sp³-hybridized carbons (Fsp3) is 0. The maximum Gasteiger partial charge on any atom is 0.160 e. The van der Waals surface area contributed by atoms with E-state index in [1.807, 2.05) is 18.2 Å². The minimum Gasteiger partial charge on any atom is -0.456 e. The molecule has 3 heterocycles. The van der Waals surface area contributed by atoms with Gasteiger partial charge in [0.25, 0.3) is 0 Å². The third-order valence-corrected chi connectivity index (χ3v) is 10.8. The Morgan fingerprint density at radius 3 is 1.54 bits per heavy atom. The van der Waals surface area contributed by atoms with E-state index in [0.29, 0.717) is 5.82 Å². The topological polar surface area (TPSA) is 43.9 Å². The lowest BCUT2D eigenvalue weighted by Crippen LogP contribution is -2.00. The molecule has 56 heavy (non-hydrogen) atoms. The van der Waals surface area contributed by atoms with Gasteiger partial charge in [0.15, 0.2) is 5.82 Å². The van der Waals surface area contributed by atoms with E-state index in [1.165, 1.54) is 21.8 Å². The Morgan fingerprint density at radius 1 is 0.375 bits per heavy atom. The van der Waals surface area contributed by atoms with Gasteiger partial charge in [-0.1, -0.05) is 158 Å². The summed E-state index contributed by atoms with van der Waals surface area (Å²) < 4.78 is 9.10. The van der Waals surface area contributed by atoms with Crippen molar-refractivity contribution in [2.24, 2.45) is 0 Å². The third kappa shape index (κ3) is 5.23. The highest BCUT2D eigenvalue weighted by Crippen LogP contribution is 2.42. The Labute approximate surface area is 323 Å². The van der Waals surface area contributed by atoms with E-state index in [-0.39, 0.29) is 0 Å². The van der Waals surface area contributed by atoms with Gasteiger partial charge in [-0.15, -0.1) is 0 Å². The van der Waals surface area contributed by atoms with Gasteiger partial charge >= 0.3 is 0 Å². The molecule has 4 nitrogen and oxygen atoms in total. The highest BCUT2D eigenvalue weighted by Gasteiger charge is 2.21. The van der Waals surface area contributed by atoms with Gasteiger partial charge in [0, 0.05) is 55.0 Å². The summed E-state index contributed by atoms with van der Waals surface area (Å²) in [6.07, 6.45) is 0. The first-order valence-electron chi connectivity index (χ1n) is 18.9. The maximum atomic E-state index is 6.72. The number of aromatic nitrogens is 3. The molecule has 0 saturated carbocycles. The monoisotopic (exact) mass is 715 g/mol. The molecule has 0 radical (unpaired) electrons. The van der Waals surface area contributed by atoms with Crippen molar-refractivity contribution in [2.45, 2.75) is 0 Å². The number of para-hydroxylation sites is 3. The fourth-order valence-electron chi connectivity index (χ4n) is 8.26. The average Bonchev–Trinajstić information content (AvgIpc) is 3.82. The Balaban J connectivity index is 1.08. The first-order valence-corrected chi connectivity index (χ1v) is 18.9. The molecular formula is C52H33N3O. The summed E-state index contributed by atoms with van der Waals surface area (Å²) in [5, 5.41) is 4.58. The lowest BCUT2D eigenvalue weighted by Gasteiger charge is -2.17. The molecule has 262 valence electrons. The van der Waals surface area contributed by atoms with Gasteiger partial charge in [-0.3, -0.25) is 0 Å². The molecule has 8 aromatic carbocycles. The Kier molecular flexibility index (Phi) is 7.46. The molecule has 3 aromatic heterocycles. The van der Waals surface area contributed by atoms with Crippen molar-refractivity contribution in [3.63, 3.8) is 0 Å². The summed E-state index contributed by atoms with van der Waals surface area (Å²) in [4.78, 5) is 10.6. The SMILES string of the molecule is c1ccc(-c2nc(-c3ccc4c(c3)oc3cc(-c5cccc6c7ccccc7n(-c7ccccc7)c56)ccc34)nc(-c3ccccc3)c2-c2ccccc2)cc1. The minimum atomic E-state index is 0.644. The van der Waals surface area contributed by atoms with Crippen LogP contribution in [0.1, 0.15) is 0 Å². The molecule has 0 fully saturated rings. The molecule has 0 unspecified atom stereocenters. The zero-order valence-electron chi connectivity index (χ0n) is 30.3. The summed E-state index contributed by atoms with van der Waals surface area (Å²) in [6.45, 7) is 0. The summed E-state index contributed by atoms with van der Waals surface area (Å²) >= 11 is 0. The van der Waals surface area contributed by atoms with Crippen LogP contribution < -0.4 is 0 Å². The van der Waals surface area contributed by atoms with E-state index in [1.54, 1.807) is 0 Å². The summed E-state index contributed by atoms with van der Waals surface area (Å²) in [7, 11) is 0. The van der Waals surface area contributed by atoms with Crippen LogP contribution in [0.5, 0.6) is 0 Å². The van der Waals surface area contributed by atoms with Crippen LogP contribution in [0.2, 0.25) is 0 Å². The molecule has 11 rings (SSSR count). The van der Waals surface area contributed by atoms with Crippen LogP contribution in [0.4, 0.5) is 0 Å². The van der Waals surface area contributed by atoms with E-state index in [4.69, 9.17) is 14.4 Å². The third-order valence-electron chi connectivity index (χ3n) is 10.8. The van der Waals surface area contributed by atoms with Crippen LogP contribution in [0.15, 0.2) is 205 Å². The molecule has 0 saturated heterocycles.